The number of ether oxygens (including phenoxy) is 1. The Kier molecular flexibility index (Phi) is 3.32. The van der Waals surface area contributed by atoms with Gasteiger partial charge in [0.15, 0.2) is 23.2 Å². The lowest BCUT2D eigenvalue weighted by Gasteiger charge is -2.07. The molecule has 0 aliphatic heterocycles. The summed E-state index contributed by atoms with van der Waals surface area (Å²) in [7, 11) is 0. The van der Waals surface area contributed by atoms with Crippen molar-refractivity contribution in [2.45, 2.75) is 0 Å². The second-order valence-electron chi connectivity index (χ2n) is 3.49. The van der Waals surface area contributed by atoms with Gasteiger partial charge in [0.25, 0.3) is 0 Å². The van der Waals surface area contributed by atoms with Crippen LogP contribution in [0.1, 0.15) is 10.4 Å². The molecule has 0 saturated carbocycles. The van der Waals surface area contributed by atoms with Gasteiger partial charge in [0.05, 0.1) is 0 Å². The quantitative estimate of drug-likeness (QED) is 0.778. The smallest absolute Gasteiger partial charge is 0.166 e. The molecule has 0 aliphatic carbocycles. The number of hydrogen-bond donors (Lipinski definition) is 0. The maximum Gasteiger partial charge on any atom is 0.166 e. The first-order valence-corrected chi connectivity index (χ1v) is 4.98. The fourth-order valence-corrected chi connectivity index (χ4v) is 1.34. The van der Waals surface area contributed by atoms with E-state index in [0.29, 0.717) is 6.29 Å². The number of aldehydes is 1. The van der Waals surface area contributed by atoms with Crippen molar-refractivity contribution in [3.05, 3.63) is 59.4 Å². The Morgan fingerprint density at radius 3 is 2.28 bits per heavy atom. The van der Waals surface area contributed by atoms with Gasteiger partial charge in [-0.05, 0) is 30.3 Å². The summed E-state index contributed by atoms with van der Waals surface area (Å²) in [4.78, 5) is 10.4. The Labute approximate surface area is 101 Å². The van der Waals surface area contributed by atoms with Crippen molar-refractivity contribution in [1.29, 1.82) is 0 Å². The van der Waals surface area contributed by atoms with Gasteiger partial charge in [0.2, 0.25) is 0 Å². The molecule has 0 aliphatic rings. The van der Waals surface area contributed by atoms with Crippen molar-refractivity contribution in [1.82, 2.24) is 0 Å². The van der Waals surface area contributed by atoms with Crippen LogP contribution in [0, 0.1) is 17.5 Å². The van der Waals surface area contributed by atoms with Crippen LogP contribution in [0.3, 0.4) is 0 Å². The van der Waals surface area contributed by atoms with Gasteiger partial charge in [-0.2, -0.15) is 0 Å². The minimum Gasteiger partial charge on any atom is -0.454 e. The number of halogens is 3. The highest BCUT2D eigenvalue weighted by atomic mass is 19.2. The molecule has 2 rings (SSSR count). The first-order chi connectivity index (χ1) is 8.60. The molecular formula is C13H7F3O2. The summed E-state index contributed by atoms with van der Waals surface area (Å²) in [6, 6.07) is 6.43. The number of benzene rings is 2. The largest absolute Gasteiger partial charge is 0.454 e. The molecule has 0 heterocycles. The number of rotatable bonds is 3. The van der Waals surface area contributed by atoms with Crippen molar-refractivity contribution in [2.24, 2.45) is 0 Å². The van der Waals surface area contributed by atoms with E-state index < -0.39 is 17.5 Å². The van der Waals surface area contributed by atoms with Crippen molar-refractivity contribution >= 4 is 6.29 Å². The van der Waals surface area contributed by atoms with E-state index in [1.165, 1.54) is 18.2 Å². The van der Waals surface area contributed by atoms with Gasteiger partial charge < -0.3 is 4.74 Å². The van der Waals surface area contributed by atoms with E-state index in [0.717, 1.165) is 18.2 Å². The summed E-state index contributed by atoms with van der Waals surface area (Å²) in [6.07, 6.45) is 0.490. The van der Waals surface area contributed by atoms with Gasteiger partial charge in [-0.15, -0.1) is 0 Å². The van der Waals surface area contributed by atoms with Crippen LogP contribution in [0.15, 0.2) is 36.4 Å². The van der Waals surface area contributed by atoms with E-state index >= 15 is 0 Å². The molecule has 0 unspecified atom stereocenters. The predicted octanol–water partition coefficient (Wildman–Crippen LogP) is 3.71. The van der Waals surface area contributed by atoms with Crippen LogP contribution in [0.4, 0.5) is 13.2 Å². The highest BCUT2D eigenvalue weighted by Gasteiger charge is 2.08. The molecule has 5 heteroatoms. The summed E-state index contributed by atoms with van der Waals surface area (Å²) in [5.74, 6) is -3.07. The Hall–Kier alpha value is -2.30. The van der Waals surface area contributed by atoms with E-state index in [1.807, 2.05) is 0 Å². The van der Waals surface area contributed by atoms with Crippen LogP contribution >= 0.6 is 0 Å². The molecule has 0 N–H and O–H groups in total. The Morgan fingerprint density at radius 2 is 1.67 bits per heavy atom. The second-order valence-corrected chi connectivity index (χ2v) is 3.49. The third-order valence-corrected chi connectivity index (χ3v) is 2.21. The van der Waals surface area contributed by atoms with E-state index in [9.17, 15) is 18.0 Å². The fourth-order valence-electron chi connectivity index (χ4n) is 1.34. The third kappa shape index (κ3) is 2.51. The zero-order valence-electron chi connectivity index (χ0n) is 8.99. The van der Waals surface area contributed by atoms with E-state index in [4.69, 9.17) is 4.74 Å². The standard InChI is InChI=1S/C13H7F3O2/c14-10-3-2-9(6-11(10)15)18-13-4-1-8(7-17)5-12(13)16/h1-7H. The Balaban J connectivity index is 2.28. The highest BCUT2D eigenvalue weighted by Crippen LogP contribution is 2.26. The molecule has 0 fully saturated rings. The monoisotopic (exact) mass is 252 g/mol. The molecule has 0 spiro atoms. The normalized spacial score (nSPS) is 10.2. The van der Waals surface area contributed by atoms with Crippen LogP contribution in [0.5, 0.6) is 11.5 Å². The molecule has 0 amide bonds. The third-order valence-electron chi connectivity index (χ3n) is 2.21. The minimum absolute atomic E-state index is 0.0355. The van der Waals surface area contributed by atoms with Gasteiger partial charge in [-0.25, -0.2) is 13.2 Å². The summed E-state index contributed by atoms with van der Waals surface area (Å²) in [6.45, 7) is 0. The molecule has 0 saturated heterocycles. The molecule has 2 nitrogen and oxygen atoms in total. The second kappa shape index (κ2) is 4.91. The van der Waals surface area contributed by atoms with Crippen LogP contribution in [-0.2, 0) is 0 Å². The average Bonchev–Trinajstić information content (AvgIpc) is 2.36. The molecule has 0 bridgehead atoms. The van der Waals surface area contributed by atoms with Gasteiger partial charge in [-0.1, -0.05) is 0 Å². The van der Waals surface area contributed by atoms with E-state index in [2.05, 4.69) is 0 Å². The summed E-state index contributed by atoms with van der Waals surface area (Å²) < 4.78 is 44.1. The van der Waals surface area contributed by atoms with Crippen LogP contribution in [0.2, 0.25) is 0 Å². The molecule has 2 aromatic rings. The van der Waals surface area contributed by atoms with Gasteiger partial charge in [0.1, 0.15) is 12.0 Å². The molecular weight excluding hydrogens is 245 g/mol. The maximum absolute atomic E-state index is 13.5. The molecule has 0 radical (unpaired) electrons. The van der Waals surface area contributed by atoms with Crippen molar-refractivity contribution in [3.8, 4) is 11.5 Å². The molecule has 0 atom stereocenters. The molecule has 0 aromatic heterocycles. The van der Waals surface area contributed by atoms with Crippen molar-refractivity contribution in [3.63, 3.8) is 0 Å². The van der Waals surface area contributed by atoms with Gasteiger partial charge in [-0.3, -0.25) is 4.79 Å². The van der Waals surface area contributed by atoms with Crippen molar-refractivity contribution in [2.75, 3.05) is 0 Å². The number of hydrogen-bond acceptors (Lipinski definition) is 2. The number of carbonyl (C=O) groups excluding carboxylic acids is 1. The maximum atomic E-state index is 13.5. The van der Waals surface area contributed by atoms with Crippen LogP contribution < -0.4 is 4.74 Å². The Morgan fingerprint density at radius 1 is 0.889 bits per heavy atom. The SMILES string of the molecule is O=Cc1ccc(Oc2ccc(F)c(F)c2)c(F)c1. The average molecular weight is 252 g/mol. The predicted molar refractivity (Wildman–Crippen MR) is 58.2 cm³/mol. The molecule has 18 heavy (non-hydrogen) atoms. The summed E-state index contributed by atoms with van der Waals surface area (Å²) >= 11 is 0. The zero-order chi connectivity index (χ0) is 13.1. The summed E-state index contributed by atoms with van der Waals surface area (Å²) in [5, 5.41) is 0. The lowest BCUT2D eigenvalue weighted by molar-refractivity contribution is 0.112. The highest BCUT2D eigenvalue weighted by molar-refractivity contribution is 5.75. The minimum atomic E-state index is -1.09. The fraction of sp³-hybridized carbons (Fsp3) is 0. The van der Waals surface area contributed by atoms with E-state index in [1.54, 1.807) is 0 Å². The van der Waals surface area contributed by atoms with Crippen LogP contribution in [0.25, 0.3) is 0 Å². The topological polar surface area (TPSA) is 26.3 Å². The van der Waals surface area contributed by atoms with E-state index in [-0.39, 0.29) is 17.1 Å². The molecule has 2 aromatic carbocycles. The number of carbonyl (C=O) groups is 1. The molecule has 92 valence electrons. The van der Waals surface area contributed by atoms with Gasteiger partial charge >= 0.3 is 0 Å². The van der Waals surface area contributed by atoms with Gasteiger partial charge in [0, 0.05) is 11.6 Å². The Bertz CT molecular complexity index is 597. The zero-order valence-corrected chi connectivity index (χ0v) is 8.99. The first kappa shape index (κ1) is 12.2. The van der Waals surface area contributed by atoms with Crippen LogP contribution in [-0.4, -0.2) is 6.29 Å². The lowest BCUT2D eigenvalue weighted by Crippen LogP contribution is -1.92. The lowest BCUT2D eigenvalue weighted by atomic mass is 10.2. The first-order valence-electron chi connectivity index (χ1n) is 4.98. The summed E-state index contributed by atoms with van der Waals surface area (Å²) in [5.41, 5.74) is 0.158. The van der Waals surface area contributed by atoms with Crippen molar-refractivity contribution < 1.29 is 22.7 Å².